The minimum atomic E-state index is -0.870. The summed E-state index contributed by atoms with van der Waals surface area (Å²) in [4.78, 5) is 27.2. The Kier molecular flexibility index (Phi) is 4.32. The first-order chi connectivity index (χ1) is 9.00. The highest BCUT2D eigenvalue weighted by molar-refractivity contribution is 5.83. The number of amides is 2. The van der Waals surface area contributed by atoms with Gasteiger partial charge >= 0.3 is 12.0 Å². The fourth-order valence-electron chi connectivity index (χ4n) is 2.64. The monoisotopic (exact) mass is 268 g/mol. The zero-order valence-corrected chi connectivity index (χ0v) is 11.8. The molecule has 108 valence electrons. The maximum Gasteiger partial charge on any atom is 0.326 e. The minimum Gasteiger partial charge on any atom is -0.480 e. The van der Waals surface area contributed by atoms with Gasteiger partial charge in [0.2, 0.25) is 0 Å². The number of urea groups is 1. The van der Waals surface area contributed by atoms with Gasteiger partial charge in [0.05, 0.1) is 0 Å². The zero-order chi connectivity index (χ0) is 14.0. The van der Waals surface area contributed by atoms with Crippen LogP contribution in [-0.4, -0.2) is 52.1 Å². The SMILES string of the molecule is CC(C)CCN(C(=O)N1CCC[C@@H]1C(=O)O)C1CC1. The van der Waals surface area contributed by atoms with Crippen LogP contribution in [0.5, 0.6) is 0 Å². The summed E-state index contributed by atoms with van der Waals surface area (Å²) in [5, 5.41) is 9.17. The number of hydrogen-bond donors (Lipinski definition) is 1. The summed E-state index contributed by atoms with van der Waals surface area (Å²) < 4.78 is 0. The average Bonchev–Trinajstić information content (AvgIpc) is 3.04. The van der Waals surface area contributed by atoms with Crippen molar-refractivity contribution in [3.05, 3.63) is 0 Å². The standard InChI is InChI=1S/C14H24N2O3/c1-10(2)7-9-15(11-5-6-11)14(19)16-8-3-4-12(16)13(17)18/h10-12H,3-9H2,1-2H3,(H,17,18)/t12-/m1/s1. The first-order valence-corrected chi connectivity index (χ1v) is 7.30. The topological polar surface area (TPSA) is 60.9 Å². The number of likely N-dealkylation sites (tertiary alicyclic amines) is 1. The molecule has 1 heterocycles. The molecule has 1 saturated heterocycles. The molecule has 1 aliphatic carbocycles. The second kappa shape index (κ2) is 5.80. The molecule has 19 heavy (non-hydrogen) atoms. The lowest BCUT2D eigenvalue weighted by atomic mass is 10.1. The second-order valence-corrected chi connectivity index (χ2v) is 6.08. The van der Waals surface area contributed by atoms with Gasteiger partial charge in [0.15, 0.2) is 0 Å². The van der Waals surface area contributed by atoms with Crippen LogP contribution in [0.15, 0.2) is 0 Å². The first-order valence-electron chi connectivity index (χ1n) is 7.30. The van der Waals surface area contributed by atoms with Crippen molar-refractivity contribution in [1.82, 2.24) is 9.80 Å². The highest BCUT2D eigenvalue weighted by Crippen LogP contribution is 2.30. The Morgan fingerprint density at radius 2 is 2.00 bits per heavy atom. The van der Waals surface area contributed by atoms with E-state index in [2.05, 4.69) is 13.8 Å². The molecule has 0 aromatic heterocycles. The van der Waals surface area contributed by atoms with Crippen LogP contribution in [0.25, 0.3) is 0 Å². The summed E-state index contributed by atoms with van der Waals surface area (Å²) in [7, 11) is 0. The van der Waals surface area contributed by atoms with Crippen molar-refractivity contribution < 1.29 is 14.7 Å². The van der Waals surface area contributed by atoms with E-state index in [1.165, 1.54) is 0 Å². The van der Waals surface area contributed by atoms with E-state index in [-0.39, 0.29) is 6.03 Å². The quantitative estimate of drug-likeness (QED) is 0.831. The highest BCUT2D eigenvalue weighted by Gasteiger charge is 2.40. The lowest BCUT2D eigenvalue weighted by Crippen LogP contribution is -2.49. The Morgan fingerprint density at radius 3 is 2.53 bits per heavy atom. The first kappa shape index (κ1) is 14.2. The van der Waals surface area contributed by atoms with Crippen LogP contribution in [0.2, 0.25) is 0 Å². The third-order valence-electron chi connectivity index (χ3n) is 3.96. The molecule has 0 aromatic rings. The van der Waals surface area contributed by atoms with Gasteiger partial charge in [0.25, 0.3) is 0 Å². The Bertz CT molecular complexity index is 353. The molecule has 0 aromatic carbocycles. The molecule has 1 atom stereocenters. The predicted octanol–water partition coefficient (Wildman–Crippen LogP) is 2.17. The molecule has 2 amide bonds. The Labute approximate surface area is 114 Å². The number of hydrogen-bond acceptors (Lipinski definition) is 2. The molecular weight excluding hydrogens is 244 g/mol. The summed E-state index contributed by atoms with van der Waals surface area (Å²) >= 11 is 0. The van der Waals surface area contributed by atoms with Crippen molar-refractivity contribution >= 4 is 12.0 Å². The largest absolute Gasteiger partial charge is 0.480 e. The van der Waals surface area contributed by atoms with E-state index in [9.17, 15) is 14.7 Å². The molecule has 1 aliphatic heterocycles. The molecule has 2 aliphatic rings. The maximum absolute atomic E-state index is 12.5. The van der Waals surface area contributed by atoms with E-state index in [1.807, 2.05) is 4.90 Å². The number of aliphatic carboxylic acids is 1. The molecule has 2 fully saturated rings. The predicted molar refractivity (Wildman–Crippen MR) is 71.9 cm³/mol. The van der Waals surface area contributed by atoms with Crippen LogP contribution in [0, 0.1) is 5.92 Å². The van der Waals surface area contributed by atoms with Crippen molar-refractivity contribution in [3.8, 4) is 0 Å². The number of carboxylic acids is 1. The van der Waals surface area contributed by atoms with Crippen LogP contribution in [0.1, 0.15) is 46.0 Å². The lowest BCUT2D eigenvalue weighted by Gasteiger charge is -2.31. The van der Waals surface area contributed by atoms with Crippen molar-refractivity contribution in [2.24, 2.45) is 5.92 Å². The van der Waals surface area contributed by atoms with Crippen molar-refractivity contribution in [1.29, 1.82) is 0 Å². The molecule has 1 N–H and O–H groups in total. The van der Waals surface area contributed by atoms with E-state index in [1.54, 1.807) is 4.90 Å². The molecule has 2 rings (SSSR count). The molecule has 0 spiro atoms. The van der Waals surface area contributed by atoms with Gasteiger partial charge in [-0.05, 0) is 38.0 Å². The third-order valence-corrected chi connectivity index (χ3v) is 3.96. The normalized spacial score (nSPS) is 22.9. The Hall–Kier alpha value is -1.26. The maximum atomic E-state index is 12.5. The number of nitrogens with zero attached hydrogens (tertiary/aromatic N) is 2. The van der Waals surface area contributed by atoms with E-state index in [0.717, 1.165) is 32.2 Å². The van der Waals surface area contributed by atoms with Crippen LogP contribution in [0.3, 0.4) is 0 Å². The van der Waals surface area contributed by atoms with E-state index in [0.29, 0.717) is 24.9 Å². The van der Waals surface area contributed by atoms with Crippen LogP contribution >= 0.6 is 0 Å². The molecule has 1 saturated carbocycles. The molecular formula is C14H24N2O3. The van der Waals surface area contributed by atoms with Gasteiger partial charge in [-0.1, -0.05) is 13.8 Å². The smallest absolute Gasteiger partial charge is 0.326 e. The number of carbonyl (C=O) groups excluding carboxylic acids is 1. The van der Waals surface area contributed by atoms with E-state index >= 15 is 0 Å². The van der Waals surface area contributed by atoms with Crippen molar-refractivity contribution in [2.45, 2.75) is 58.0 Å². The number of rotatable bonds is 5. The summed E-state index contributed by atoms with van der Waals surface area (Å²) in [5.41, 5.74) is 0. The summed E-state index contributed by atoms with van der Waals surface area (Å²) in [6, 6.07) is -0.331. The second-order valence-electron chi connectivity index (χ2n) is 6.08. The highest BCUT2D eigenvalue weighted by atomic mass is 16.4. The van der Waals surface area contributed by atoms with Gasteiger partial charge in [-0.25, -0.2) is 9.59 Å². The van der Waals surface area contributed by atoms with Gasteiger partial charge < -0.3 is 14.9 Å². The molecule has 5 nitrogen and oxygen atoms in total. The number of carboxylic acid groups (broad SMARTS) is 1. The van der Waals surface area contributed by atoms with Gasteiger partial charge in [0, 0.05) is 19.1 Å². The summed E-state index contributed by atoms with van der Waals surface area (Å²) in [6.45, 7) is 5.63. The molecule has 0 bridgehead atoms. The van der Waals surface area contributed by atoms with Gasteiger partial charge in [-0.3, -0.25) is 0 Å². The van der Waals surface area contributed by atoms with E-state index < -0.39 is 12.0 Å². The van der Waals surface area contributed by atoms with Gasteiger partial charge in [-0.15, -0.1) is 0 Å². The van der Waals surface area contributed by atoms with Crippen molar-refractivity contribution in [3.63, 3.8) is 0 Å². The zero-order valence-electron chi connectivity index (χ0n) is 11.8. The van der Waals surface area contributed by atoms with Crippen molar-refractivity contribution in [2.75, 3.05) is 13.1 Å². The lowest BCUT2D eigenvalue weighted by molar-refractivity contribution is -0.141. The van der Waals surface area contributed by atoms with Gasteiger partial charge in [0.1, 0.15) is 6.04 Å². The molecule has 0 radical (unpaired) electrons. The summed E-state index contributed by atoms with van der Waals surface area (Å²) in [6.07, 6.45) is 4.49. The average molecular weight is 268 g/mol. The fourth-order valence-corrected chi connectivity index (χ4v) is 2.64. The van der Waals surface area contributed by atoms with Crippen LogP contribution in [0.4, 0.5) is 4.79 Å². The van der Waals surface area contributed by atoms with E-state index in [4.69, 9.17) is 0 Å². The van der Waals surface area contributed by atoms with Crippen LogP contribution in [-0.2, 0) is 4.79 Å². The fraction of sp³-hybridized carbons (Fsp3) is 0.857. The van der Waals surface area contributed by atoms with Gasteiger partial charge in [-0.2, -0.15) is 0 Å². The Morgan fingerprint density at radius 1 is 1.32 bits per heavy atom. The third kappa shape index (κ3) is 3.39. The molecule has 5 heteroatoms. The molecule has 0 unspecified atom stereocenters. The minimum absolute atomic E-state index is 0.0620. The summed E-state index contributed by atoms with van der Waals surface area (Å²) in [5.74, 6) is -0.312. The van der Waals surface area contributed by atoms with Crippen LogP contribution < -0.4 is 0 Å². The number of carbonyl (C=O) groups is 2. The Balaban J connectivity index is 2.00.